The van der Waals surface area contributed by atoms with Crippen molar-refractivity contribution in [1.29, 1.82) is 0 Å². The molecule has 3 saturated heterocycles. The number of likely N-dealkylation sites (tertiary alicyclic amines) is 2. The first kappa shape index (κ1) is 22.7. The Bertz CT molecular complexity index is 817. The molecule has 0 spiro atoms. The number of amides is 3. The van der Waals surface area contributed by atoms with Crippen LogP contribution < -0.4 is 0 Å². The molecule has 32 heavy (non-hydrogen) atoms. The van der Waals surface area contributed by atoms with Gasteiger partial charge in [0.25, 0.3) is 5.91 Å². The minimum atomic E-state index is -0.370. The van der Waals surface area contributed by atoms with Gasteiger partial charge in [-0.15, -0.1) is 0 Å². The van der Waals surface area contributed by atoms with Crippen LogP contribution >= 0.6 is 0 Å². The fraction of sp³-hybridized carbons (Fsp3) is 0.625. The maximum Gasteiger partial charge on any atom is 0.253 e. The lowest BCUT2D eigenvalue weighted by molar-refractivity contribution is -0.139. The molecule has 1 aromatic carbocycles. The summed E-state index contributed by atoms with van der Waals surface area (Å²) >= 11 is 0. The van der Waals surface area contributed by atoms with Gasteiger partial charge in [0.2, 0.25) is 11.8 Å². The summed E-state index contributed by atoms with van der Waals surface area (Å²) in [7, 11) is 0. The molecule has 3 amide bonds. The zero-order valence-corrected chi connectivity index (χ0v) is 18.7. The number of carbonyl (C=O) groups excluding carboxylic acids is 3. The largest absolute Gasteiger partial charge is 0.342 e. The number of halogens is 1. The lowest BCUT2D eigenvalue weighted by atomic mass is 9.95. The average molecular weight is 445 g/mol. The van der Waals surface area contributed by atoms with Gasteiger partial charge < -0.3 is 14.7 Å². The van der Waals surface area contributed by atoms with E-state index in [0.717, 1.165) is 38.8 Å². The number of hydrogen-bond acceptors (Lipinski definition) is 4. The molecule has 0 aliphatic carbocycles. The monoisotopic (exact) mass is 444 g/mol. The molecular formula is C24H33FN4O3. The van der Waals surface area contributed by atoms with Crippen molar-refractivity contribution in [3.63, 3.8) is 0 Å². The van der Waals surface area contributed by atoms with Crippen LogP contribution in [0.1, 0.15) is 42.5 Å². The van der Waals surface area contributed by atoms with Crippen molar-refractivity contribution in [3.8, 4) is 0 Å². The molecule has 3 aliphatic heterocycles. The van der Waals surface area contributed by atoms with Crippen LogP contribution in [-0.2, 0) is 9.59 Å². The minimum absolute atomic E-state index is 0.101. The second kappa shape index (κ2) is 10.4. The molecule has 0 aromatic heterocycles. The van der Waals surface area contributed by atoms with Crippen molar-refractivity contribution < 1.29 is 18.8 Å². The number of piperazine rings is 1. The number of piperidine rings is 2. The lowest BCUT2D eigenvalue weighted by Gasteiger charge is -2.39. The van der Waals surface area contributed by atoms with Gasteiger partial charge in [-0.05, 0) is 56.4 Å². The maximum atomic E-state index is 13.2. The Kier molecular flexibility index (Phi) is 7.40. The summed E-state index contributed by atoms with van der Waals surface area (Å²) in [6.45, 7) is 5.84. The first-order chi connectivity index (χ1) is 15.5. The Labute approximate surface area is 189 Å². The lowest BCUT2D eigenvalue weighted by Crippen LogP contribution is -2.54. The van der Waals surface area contributed by atoms with Crippen LogP contribution in [0.3, 0.4) is 0 Å². The number of benzene rings is 1. The highest BCUT2D eigenvalue weighted by atomic mass is 19.1. The van der Waals surface area contributed by atoms with Crippen LogP contribution in [0.4, 0.5) is 4.39 Å². The van der Waals surface area contributed by atoms with E-state index < -0.39 is 0 Å². The molecule has 1 aromatic rings. The van der Waals surface area contributed by atoms with Crippen molar-refractivity contribution in [1.82, 2.24) is 19.6 Å². The van der Waals surface area contributed by atoms with E-state index in [9.17, 15) is 18.8 Å². The van der Waals surface area contributed by atoms with Gasteiger partial charge in [-0.2, -0.15) is 0 Å². The van der Waals surface area contributed by atoms with Crippen LogP contribution in [0.2, 0.25) is 0 Å². The van der Waals surface area contributed by atoms with Crippen molar-refractivity contribution in [2.45, 2.75) is 32.1 Å². The molecule has 3 heterocycles. The van der Waals surface area contributed by atoms with E-state index in [1.165, 1.54) is 30.7 Å². The number of carbonyl (C=O) groups is 3. The van der Waals surface area contributed by atoms with Gasteiger partial charge in [0, 0.05) is 57.9 Å². The molecular weight excluding hydrogens is 411 g/mol. The maximum absolute atomic E-state index is 13.2. The molecule has 174 valence electrons. The zero-order chi connectivity index (χ0) is 22.5. The minimum Gasteiger partial charge on any atom is -0.342 e. The smallest absolute Gasteiger partial charge is 0.253 e. The highest BCUT2D eigenvalue weighted by Crippen LogP contribution is 2.22. The summed E-state index contributed by atoms with van der Waals surface area (Å²) in [5, 5.41) is 0. The molecule has 8 heteroatoms. The molecule has 0 N–H and O–H groups in total. The predicted octanol–water partition coefficient (Wildman–Crippen LogP) is 1.83. The predicted molar refractivity (Wildman–Crippen MR) is 118 cm³/mol. The van der Waals surface area contributed by atoms with Crippen molar-refractivity contribution in [2.75, 3.05) is 58.9 Å². The molecule has 1 unspecified atom stereocenters. The fourth-order valence-electron chi connectivity index (χ4n) is 4.96. The summed E-state index contributed by atoms with van der Waals surface area (Å²) in [5.41, 5.74) is 0.450. The molecule has 0 saturated carbocycles. The number of rotatable bonds is 4. The van der Waals surface area contributed by atoms with E-state index in [4.69, 9.17) is 0 Å². The Morgan fingerprint density at radius 2 is 1.44 bits per heavy atom. The third-order valence-corrected chi connectivity index (χ3v) is 6.90. The summed E-state index contributed by atoms with van der Waals surface area (Å²) in [4.78, 5) is 46.1. The summed E-state index contributed by atoms with van der Waals surface area (Å²) < 4.78 is 13.2. The van der Waals surface area contributed by atoms with E-state index in [1.54, 1.807) is 4.90 Å². The molecule has 3 aliphatic rings. The summed E-state index contributed by atoms with van der Waals surface area (Å²) in [6, 6.07) is 5.56. The standard InChI is InChI=1S/C24H33FN4O3/c25-21-8-6-19(7-9-21)23(31)29-12-4-5-20(17-29)24(32)28-15-13-26(14-16-28)18-22(30)27-10-2-1-3-11-27/h6-9,20H,1-5,10-18H2. The number of nitrogens with zero attached hydrogens (tertiary/aromatic N) is 4. The van der Waals surface area contributed by atoms with E-state index in [1.807, 2.05) is 9.80 Å². The van der Waals surface area contributed by atoms with Gasteiger partial charge in [0.15, 0.2) is 0 Å². The second-order valence-corrected chi connectivity index (χ2v) is 9.14. The zero-order valence-electron chi connectivity index (χ0n) is 18.7. The van der Waals surface area contributed by atoms with Crippen molar-refractivity contribution in [3.05, 3.63) is 35.6 Å². The summed E-state index contributed by atoms with van der Waals surface area (Å²) in [5.74, 6) is -0.418. The van der Waals surface area contributed by atoms with Gasteiger partial charge in [-0.1, -0.05) is 0 Å². The Morgan fingerprint density at radius 1 is 0.781 bits per heavy atom. The Hall–Kier alpha value is -2.48. The topological polar surface area (TPSA) is 64.2 Å². The first-order valence-electron chi connectivity index (χ1n) is 11.8. The van der Waals surface area contributed by atoms with Crippen LogP contribution in [0.5, 0.6) is 0 Å². The third kappa shape index (κ3) is 5.46. The average Bonchev–Trinajstić information content (AvgIpc) is 2.85. The highest BCUT2D eigenvalue weighted by molar-refractivity contribution is 5.94. The number of hydrogen-bond donors (Lipinski definition) is 0. The molecule has 3 fully saturated rings. The Balaban J connectivity index is 1.26. The quantitative estimate of drug-likeness (QED) is 0.711. The van der Waals surface area contributed by atoms with Gasteiger partial charge in [0.05, 0.1) is 12.5 Å². The summed E-state index contributed by atoms with van der Waals surface area (Å²) in [6.07, 6.45) is 4.96. The highest BCUT2D eigenvalue weighted by Gasteiger charge is 2.33. The van der Waals surface area contributed by atoms with Gasteiger partial charge in [-0.3, -0.25) is 19.3 Å². The molecule has 7 nitrogen and oxygen atoms in total. The van der Waals surface area contributed by atoms with E-state index >= 15 is 0 Å². The normalized spacial score (nSPS) is 22.7. The van der Waals surface area contributed by atoms with Crippen LogP contribution in [-0.4, -0.2) is 96.2 Å². The van der Waals surface area contributed by atoms with Gasteiger partial charge in [-0.25, -0.2) is 4.39 Å². The van der Waals surface area contributed by atoms with Crippen molar-refractivity contribution in [2.24, 2.45) is 5.92 Å². The third-order valence-electron chi connectivity index (χ3n) is 6.90. The molecule has 4 rings (SSSR count). The van der Waals surface area contributed by atoms with E-state index in [-0.39, 0.29) is 29.5 Å². The van der Waals surface area contributed by atoms with E-state index in [2.05, 4.69) is 4.90 Å². The van der Waals surface area contributed by atoms with Crippen LogP contribution in [0.25, 0.3) is 0 Å². The SMILES string of the molecule is O=C(CN1CCN(C(=O)C2CCCN(C(=O)c3ccc(F)cc3)C2)CC1)N1CCCCC1. The molecule has 0 radical (unpaired) electrons. The van der Waals surface area contributed by atoms with Crippen molar-refractivity contribution >= 4 is 17.7 Å². The van der Waals surface area contributed by atoms with Crippen LogP contribution in [0.15, 0.2) is 24.3 Å². The first-order valence-corrected chi connectivity index (χ1v) is 11.8. The second-order valence-electron chi connectivity index (χ2n) is 9.14. The molecule has 1 atom stereocenters. The fourth-order valence-corrected chi connectivity index (χ4v) is 4.96. The van der Waals surface area contributed by atoms with E-state index in [0.29, 0.717) is 51.4 Å². The Morgan fingerprint density at radius 3 is 2.12 bits per heavy atom. The van der Waals surface area contributed by atoms with Crippen LogP contribution in [0, 0.1) is 11.7 Å². The van der Waals surface area contributed by atoms with Gasteiger partial charge >= 0.3 is 0 Å². The van der Waals surface area contributed by atoms with Gasteiger partial charge in [0.1, 0.15) is 5.82 Å². The molecule has 0 bridgehead atoms.